The fourth-order valence-corrected chi connectivity index (χ4v) is 4.88. The molecule has 136 valence electrons. The van der Waals surface area contributed by atoms with E-state index in [0.717, 1.165) is 36.1 Å². The Labute approximate surface area is 157 Å². The summed E-state index contributed by atoms with van der Waals surface area (Å²) in [5, 5.41) is 10.1. The van der Waals surface area contributed by atoms with Crippen LogP contribution in [0.4, 0.5) is 10.1 Å². The second-order valence-electron chi connectivity index (χ2n) is 7.34. The predicted octanol–water partition coefficient (Wildman–Crippen LogP) is 5.23. The van der Waals surface area contributed by atoms with Gasteiger partial charge in [-0.3, -0.25) is 4.79 Å². The summed E-state index contributed by atoms with van der Waals surface area (Å²) in [5.41, 5.74) is 3.18. The van der Waals surface area contributed by atoms with Crippen LogP contribution in [0.5, 0.6) is 0 Å². The smallest absolute Gasteiger partial charge is 0.303 e. The minimum absolute atomic E-state index is 0.0778. The van der Waals surface area contributed by atoms with E-state index in [-0.39, 0.29) is 30.1 Å². The van der Waals surface area contributed by atoms with Gasteiger partial charge in [0.05, 0.1) is 6.42 Å². The Hall–Kier alpha value is -2.07. The summed E-state index contributed by atoms with van der Waals surface area (Å²) < 4.78 is 13.9. The van der Waals surface area contributed by atoms with Crippen LogP contribution < -0.4 is 4.90 Å². The van der Waals surface area contributed by atoms with Crippen molar-refractivity contribution in [1.29, 1.82) is 0 Å². The highest BCUT2D eigenvalue weighted by Crippen LogP contribution is 2.51. The van der Waals surface area contributed by atoms with Gasteiger partial charge in [0.15, 0.2) is 0 Å². The maximum absolute atomic E-state index is 13.9. The fraction of sp³-hybridized carbons (Fsp3) is 0.381. The number of aliphatic carboxylic acids is 1. The number of carboxylic acid groups (broad SMARTS) is 1. The molecule has 2 aromatic rings. The van der Waals surface area contributed by atoms with E-state index in [1.165, 1.54) is 6.07 Å². The van der Waals surface area contributed by atoms with E-state index in [1.807, 2.05) is 30.3 Å². The molecule has 5 heteroatoms. The number of nitrogens with zero attached hydrogens (tertiary/aromatic N) is 1. The zero-order valence-corrected chi connectivity index (χ0v) is 15.1. The van der Waals surface area contributed by atoms with Crippen molar-refractivity contribution in [1.82, 2.24) is 0 Å². The van der Waals surface area contributed by atoms with Crippen molar-refractivity contribution in [3.8, 4) is 0 Å². The summed E-state index contributed by atoms with van der Waals surface area (Å²) in [6.45, 7) is 0.674. The zero-order valence-electron chi connectivity index (χ0n) is 14.4. The normalized spacial score (nSPS) is 24.2. The third kappa shape index (κ3) is 3.18. The van der Waals surface area contributed by atoms with Crippen LogP contribution in [0.25, 0.3) is 0 Å². The predicted molar refractivity (Wildman–Crippen MR) is 100 cm³/mol. The Morgan fingerprint density at radius 3 is 2.69 bits per heavy atom. The van der Waals surface area contributed by atoms with Crippen LogP contribution >= 0.6 is 11.6 Å². The van der Waals surface area contributed by atoms with Gasteiger partial charge < -0.3 is 10.0 Å². The molecule has 1 N–H and O–H groups in total. The van der Waals surface area contributed by atoms with E-state index in [1.54, 1.807) is 6.07 Å². The molecule has 1 fully saturated rings. The van der Waals surface area contributed by atoms with Crippen LogP contribution in [-0.4, -0.2) is 17.1 Å². The second kappa shape index (κ2) is 6.92. The molecule has 1 heterocycles. The molecule has 3 atom stereocenters. The molecule has 2 aromatic carbocycles. The van der Waals surface area contributed by atoms with Crippen molar-refractivity contribution in [3.05, 3.63) is 64.4 Å². The van der Waals surface area contributed by atoms with E-state index >= 15 is 0 Å². The summed E-state index contributed by atoms with van der Waals surface area (Å²) in [7, 11) is 0. The van der Waals surface area contributed by atoms with Crippen LogP contribution in [0.1, 0.15) is 42.7 Å². The average molecular weight is 374 g/mol. The maximum Gasteiger partial charge on any atom is 0.303 e. The first kappa shape index (κ1) is 17.3. The Morgan fingerprint density at radius 1 is 1.19 bits per heavy atom. The van der Waals surface area contributed by atoms with E-state index in [2.05, 4.69) is 4.90 Å². The Bertz CT molecular complexity index is 823. The lowest BCUT2D eigenvalue weighted by atomic mass is 9.74. The van der Waals surface area contributed by atoms with Crippen molar-refractivity contribution in [2.45, 2.75) is 44.2 Å². The first-order valence-electron chi connectivity index (χ1n) is 9.05. The molecule has 1 saturated carbocycles. The number of hydrogen-bond donors (Lipinski definition) is 1. The van der Waals surface area contributed by atoms with E-state index in [9.17, 15) is 14.3 Å². The first-order valence-corrected chi connectivity index (χ1v) is 9.43. The lowest BCUT2D eigenvalue weighted by Crippen LogP contribution is -2.42. The van der Waals surface area contributed by atoms with Gasteiger partial charge in [0, 0.05) is 29.2 Å². The van der Waals surface area contributed by atoms with E-state index in [0.29, 0.717) is 11.6 Å². The molecule has 0 spiro atoms. The van der Waals surface area contributed by atoms with Gasteiger partial charge in [0.2, 0.25) is 0 Å². The number of rotatable bonds is 4. The van der Waals surface area contributed by atoms with Crippen molar-refractivity contribution in [2.24, 2.45) is 5.92 Å². The molecule has 1 aliphatic carbocycles. The highest BCUT2D eigenvalue weighted by atomic mass is 35.5. The van der Waals surface area contributed by atoms with Crippen LogP contribution in [0.15, 0.2) is 42.5 Å². The highest BCUT2D eigenvalue weighted by molar-refractivity contribution is 6.30. The molecule has 2 aliphatic rings. The van der Waals surface area contributed by atoms with Crippen LogP contribution in [0.3, 0.4) is 0 Å². The number of anilines is 1. The topological polar surface area (TPSA) is 40.5 Å². The molecule has 4 rings (SSSR count). The van der Waals surface area contributed by atoms with Gasteiger partial charge in [-0.2, -0.15) is 0 Å². The number of halogens is 2. The van der Waals surface area contributed by atoms with Gasteiger partial charge in [-0.15, -0.1) is 0 Å². The van der Waals surface area contributed by atoms with Crippen molar-refractivity contribution in [3.63, 3.8) is 0 Å². The average Bonchev–Trinajstić information content (AvgIpc) is 2.91. The van der Waals surface area contributed by atoms with Crippen LogP contribution in [0.2, 0.25) is 5.02 Å². The Morgan fingerprint density at radius 2 is 1.96 bits per heavy atom. The molecule has 0 aromatic heterocycles. The van der Waals surface area contributed by atoms with Gasteiger partial charge in [0.25, 0.3) is 0 Å². The lowest BCUT2D eigenvalue weighted by molar-refractivity contribution is -0.138. The van der Waals surface area contributed by atoms with Gasteiger partial charge in [0.1, 0.15) is 5.82 Å². The number of carboxylic acids is 1. The maximum atomic E-state index is 13.9. The second-order valence-corrected chi connectivity index (χ2v) is 7.78. The number of benzene rings is 2. The summed E-state index contributed by atoms with van der Waals surface area (Å²) in [6.07, 6.45) is 3.04. The highest BCUT2D eigenvalue weighted by Gasteiger charge is 2.45. The van der Waals surface area contributed by atoms with Crippen LogP contribution in [0, 0.1) is 11.7 Å². The fourth-order valence-electron chi connectivity index (χ4n) is 4.75. The molecule has 0 radical (unpaired) electrons. The zero-order chi connectivity index (χ0) is 18.3. The quantitative estimate of drug-likeness (QED) is 0.798. The van der Waals surface area contributed by atoms with Crippen molar-refractivity contribution < 1.29 is 14.3 Å². The van der Waals surface area contributed by atoms with Gasteiger partial charge in [-0.1, -0.05) is 30.2 Å². The molecule has 26 heavy (non-hydrogen) atoms. The van der Waals surface area contributed by atoms with Gasteiger partial charge in [-0.25, -0.2) is 4.39 Å². The molecule has 3 nitrogen and oxygen atoms in total. The van der Waals surface area contributed by atoms with E-state index in [4.69, 9.17) is 11.6 Å². The number of fused-ring (bicyclic) bond motifs is 3. The van der Waals surface area contributed by atoms with Gasteiger partial charge in [-0.05, 0) is 60.2 Å². The molecule has 3 unspecified atom stereocenters. The Kier molecular flexibility index (Phi) is 4.62. The lowest BCUT2D eigenvalue weighted by Gasteiger charge is -2.39. The van der Waals surface area contributed by atoms with E-state index < -0.39 is 5.97 Å². The minimum atomic E-state index is -0.760. The molecule has 0 bridgehead atoms. The third-order valence-electron chi connectivity index (χ3n) is 5.75. The van der Waals surface area contributed by atoms with Gasteiger partial charge >= 0.3 is 5.97 Å². The molecular weight excluding hydrogens is 353 g/mol. The van der Waals surface area contributed by atoms with Crippen molar-refractivity contribution >= 4 is 23.3 Å². The standard InChI is InChI=1S/C21H21ClFNO2/c22-15-6-4-13(5-7-15)12-24-19-9-8-16(23)11-18(19)17-3-1-2-14(21(17)24)10-20(25)26/h4-9,11,14,17,21H,1-3,10,12H2,(H,25,26). The Balaban J connectivity index is 1.72. The molecule has 1 aliphatic heterocycles. The molecular formula is C21H21ClFNO2. The largest absolute Gasteiger partial charge is 0.481 e. The monoisotopic (exact) mass is 373 g/mol. The molecule has 0 amide bonds. The summed E-state index contributed by atoms with van der Waals surface area (Å²) in [5.74, 6) is -0.708. The van der Waals surface area contributed by atoms with Crippen LogP contribution in [-0.2, 0) is 11.3 Å². The van der Waals surface area contributed by atoms with Crippen molar-refractivity contribution in [2.75, 3.05) is 4.90 Å². The third-order valence-corrected chi connectivity index (χ3v) is 6.00. The SMILES string of the molecule is O=C(O)CC1CCCC2c3cc(F)ccc3N(Cc3ccc(Cl)cc3)C12. The minimum Gasteiger partial charge on any atom is -0.481 e. The number of hydrogen-bond acceptors (Lipinski definition) is 2. The first-order chi connectivity index (χ1) is 12.5. The molecule has 0 saturated heterocycles. The summed E-state index contributed by atoms with van der Waals surface area (Å²) in [6, 6.07) is 12.8. The number of carbonyl (C=O) groups is 1. The summed E-state index contributed by atoms with van der Waals surface area (Å²) >= 11 is 6.00. The summed E-state index contributed by atoms with van der Waals surface area (Å²) in [4.78, 5) is 13.7.